The summed E-state index contributed by atoms with van der Waals surface area (Å²) in [5.74, 6) is 0.180. The molecule has 0 bridgehead atoms. The lowest BCUT2D eigenvalue weighted by Crippen LogP contribution is -2.21. The maximum absolute atomic E-state index is 9.75. The van der Waals surface area contributed by atoms with Gasteiger partial charge in [0.05, 0.1) is 6.10 Å². The predicted octanol–water partition coefficient (Wildman–Crippen LogP) is 0.444. The molecule has 1 aromatic rings. The van der Waals surface area contributed by atoms with Gasteiger partial charge in [0.1, 0.15) is 11.9 Å². The van der Waals surface area contributed by atoms with E-state index in [1.54, 1.807) is 19.1 Å². The van der Waals surface area contributed by atoms with Gasteiger partial charge in [-0.1, -0.05) is 6.07 Å². The van der Waals surface area contributed by atoms with E-state index in [1.165, 1.54) is 6.07 Å². The van der Waals surface area contributed by atoms with Gasteiger partial charge in [-0.2, -0.15) is 0 Å². The molecule has 84 valence electrons. The van der Waals surface area contributed by atoms with Crippen LogP contribution in [0.3, 0.4) is 0 Å². The van der Waals surface area contributed by atoms with Crippen LogP contribution in [0.15, 0.2) is 18.2 Å². The number of benzene rings is 1. The molecule has 0 amide bonds. The molecule has 0 aromatic heterocycles. The molecule has 0 aliphatic heterocycles. The van der Waals surface area contributed by atoms with Crippen molar-refractivity contribution in [1.82, 2.24) is 0 Å². The number of hydrogen-bond acceptors (Lipinski definition) is 4. The van der Waals surface area contributed by atoms with Crippen molar-refractivity contribution in [3.8, 4) is 5.75 Å². The Morgan fingerprint density at radius 3 is 2.53 bits per heavy atom. The summed E-state index contributed by atoms with van der Waals surface area (Å²) in [5.41, 5.74) is 6.55. The van der Waals surface area contributed by atoms with Crippen molar-refractivity contribution in [3.63, 3.8) is 0 Å². The highest BCUT2D eigenvalue weighted by Crippen LogP contribution is 2.24. The van der Waals surface area contributed by atoms with E-state index in [2.05, 4.69) is 0 Å². The second kappa shape index (κ2) is 5.11. The van der Waals surface area contributed by atoms with Crippen LogP contribution in [0.2, 0.25) is 0 Å². The Morgan fingerprint density at radius 1 is 1.33 bits per heavy atom. The lowest BCUT2D eigenvalue weighted by molar-refractivity contribution is 0.0150. The predicted molar refractivity (Wildman–Crippen MR) is 57.5 cm³/mol. The van der Waals surface area contributed by atoms with E-state index >= 15 is 0 Å². The Labute approximate surface area is 89.0 Å². The number of hydrogen-bond donors (Lipinski definition) is 4. The van der Waals surface area contributed by atoms with Gasteiger partial charge in [0.2, 0.25) is 0 Å². The van der Waals surface area contributed by atoms with Crippen LogP contribution in [0.25, 0.3) is 0 Å². The number of phenols is 1. The minimum atomic E-state index is -0.951. The van der Waals surface area contributed by atoms with Crippen molar-refractivity contribution in [1.29, 1.82) is 0 Å². The molecule has 0 aliphatic carbocycles. The van der Waals surface area contributed by atoms with Gasteiger partial charge < -0.3 is 21.1 Å². The Hall–Kier alpha value is -1.10. The summed E-state index contributed by atoms with van der Waals surface area (Å²) in [7, 11) is 0. The zero-order chi connectivity index (χ0) is 11.4. The van der Waals surface area contributed by atoms with Crippen LogP contribution in [-0.4, -0.2) is 28.0 Å². The molecule has 0 saturated heterocycles. The summed E-state index contributed by atoms with van der Waals surface area (Å²) in [5, 5.41) is 28.6. The van der Waals surface area contributed by atoms with Gasteiger partial charge >= 0.3 is 0 Å². The monoisotopic (exact) mass is 211 g/mol. The van der Waals surface area contributed by atoms with Crippen LogP contribution in [0.1, 0.15) is 23.7 Å². The molecule has 4 heteroatoms. The van der Waals surface area contributed by atoms with Crippen molar-refractivity contribution >= 4 is 0 Å². The molecule has 0 saturated carbocycles. The summed E-state index contributed by atoms with van der Waals surface area (Å²) in [4.78, 5) is 0. The fourth-order valence-electron chi connectivity index (χ4n) is 1.41. The number of aromatic hydroxyl groups is 1. The molecule has 1 rings (SSSR count). The average molecular weight is 211 g/mol. The van der Waals surface area contributed by atoms with E-state index in [4.69, 9.17) is 5.73 Å². The number of phenolic OH excluding ortho intramolecular Hbond substituents is 1. The van der Waals surface area contributed by atoms with Crippen LogP contribution in [0.5, 0.6) is 5.75 Å². The van der Waals surface area contributed by atoms with Crippen LogP contribution in [-0.2, 0) is 0 Å². The number of nitrogens with two attached hydrogens (primary N) is 1. The Balaban J connectivity index is 2.81. The van der Waals surface area contributed by atoms with E-state index < -0.39 is 12.2 Å². The molecule has 5 N–H and O–H groups in total. The van der Waals surface area contributed by atoms with Crippen LogP contribution in [0, 0.1) is 6.92 Å². The standard InChI is InChI=1S/C11H17NO3/c1-7-6-8(2-3-9(7)13)11(15)10(14)4-5-12/h2-3,6,10-11,13-15H,4-5,12H2,1H3. The van der Waals surface area contributed by atoms with Crippen molar-refractivity contribution < 1.29 is 15.3 Å². The molecular formula is C11H17NO3. The first-order valence-electron chi connectivity index (χ1n) is 4.92. The highest BCUT2D eigenvalue weighted by atomic mass is 16.3. The third kappa shape index (κ3) is 2.92. The third-order valence-corrected chi connectivity index (χ3v) is 2.39. The normalized spacial score (nSPS) is 14.9. The fourth-order valence-corrected chi connectivity index (χ4v) is 1.41. The van der Waals surface area contributed by atoms with Gasteiger partial charge in [-0.3, -0.25) is 0 Å². The molecule has 0 heterocycles. The topological polar surface area (TPSA) is 86.7 Å². The quantitative estimate of drug-likeness (QED) is 0.582. The Kier molecular flexibility index (Phi) is 4.08. The van der Waals surface area contributed by atoms with Gasteiger partial charge in [0.15, 0.2) is 0 Å². The summed E-state index contributed by atoms with van der Waals surface area (Å²) in [6, 6.07) is 4.75. The van der Waals surface area contributed by atoms with E-state index in [9.17, 15) is 15.3 Å². The molecule has 2 unspecified atom stereocenters. The van der Waals surface area contributed by atoms with Crippen molar-refractivity contribution in [3.05, 3.63) is 29.3 Å². The van der Waals surface area contributed by atoms with Crippen molar-refractivity contribution in [2.75, 3.05) is 6.54 Å². The highest BCUT2D eigenvalue weighted by Gasteiger charge is 2.17. The minimum absolute atomic E-state index is 0.180. The van der Waals surface area contributed by atoms with Gasteiger partial charge in [0.25, 0.3) is 0 Å². The molecule has 4 nitrogen and oxygen atoms in total. The zero-order valence-corrected chi connectivity index (χ0v) is 8.72. The molecule has 0 radical (unpaired) electrons. The molecule has 0 fully saturated rings. The van der Waals surface area contributed by atoms with Crippen LogP contribution >= 0.6 is 0 Å². The molecule has 1 aromatic carbocycles. The van der Waals surface area contributed by atoms with Crippen LogP contribution < -0.4 is 5.73 Å². The minimum Gasteiger partial charge on any atom is -0.508 e. The average Bonchev–Trinajstić information content (AvgIpc) is 2.21. The van der Waals surface area contributed by atoms with E-state index in [0.717, 1.165) is 0 Å². The summed E-state index contributed by atoms with van der Waals surface area (Å²) in [6.07, 6.45) is -1.46. The smallest absolute Gasteiger partial charge is 0.118 e. The first-order valence-corrected chi connectivity index (χ1v) is 4.92. The van der Waals surface area contributed by atoms with Gasteiger partial charge in [-0.15, -0.1) is 0 Å². The first-order chi connectivity index (χ1) is 7.06. The zero-order valence-electron chi connectivity index (χ0n) is 8.72. The molecule has 0 aliphatic rings. The SMILES string of the molecule is Cc1cc(C(O)C(O)CCN)ccc1O. The largest absolute Gasteiger partial charge is 0.508 e. The molecular weight excluding hydrogens is 194 g/mol. The second-order valence-corrected chi connectivity index (χ2v) is 3.64. The molecule has 2 atom stereocenters. The lowest BCUT2D eigenvalue weighted by Gasteiger charge is -2.18. The third-order valence-electron chi connectivity index (χ3n) is 2.39. The number of rotatable bonds is 4. The summed E-state index contributed by atoms with van der Waals surface area (Å²) < 4.78 is 0. The van der Waals surface area contributed by atoms with Crippen molar-refractivity contribution in [2.45, 2.75) is 25.6 Å². The van der Waals surface area contributed by atoms with Gasteiger partial charge in [-0.05, 0) is 43.1 Å². The maximum atomic E-state index is 9.75. The molecule has 15 heavy (non-hydrogen) atoms. The number of aryl methyl sites for hydroxylation is 1. The van der Waals surface area contributed by atoms with Gasteiger partial charge in [-0.25, -0.2) is 0 Å². The molecule has 0 spiro atoms. The van der Waals surface area contributed by atoms with E-state index in [1.807, 2.05) is 0 Å². The van der Waals surface area contributed by atoms with Crippen LogP contribution in [0.4, 0.5) is 0 Å². The Bertz CT molecular complexity index is 328. The first kappa shape index (κ1) is 12.0. The number of aliphatic hydroxyl groups excluding tert-OH is 2. The van der Waals surface area contributed by atoms with E-state index in [0.29, 0.717) is 24.1 Å². The van der Waals surface area contributed by atoms with E-state index in [-0.39, 0.29) is 5.75 Å². The van der Waals surface area contributed by atoms with Crippen molar-refractivity contribution in [2.24, 2.45) is 5.73 Å². The Morgan fingerprint density at radius 2 is 2.00 bits per heavy atom. The van der Waals surface area contributed by atoms with Gasteiger partial charge in [0, 0.05) is 0 Å². The fraction of sp³-hybridized carbons (Fsp3) is 0.455. The lowest BCUT2D eigenvalue weighted by atomic mass is 10.00. The second-order valence-electron chi connectivity index (χ2n) is 3.64. The summed E-state index contributed by atoms with van der Waals surface area (Å²) in [6.45, 7) is 2.07. The number of aliphatic hydroxyl groups is 2. The maximum Gasteiger partial charge on any atom is 0.118 e. The summed E-state index contributed by atoms with van der Waals surface area (Å²) >= 11 is 0. The highest BCUT2D eigenvalue weighted by molar-refractivity contribution is 5.36.